The number of furan rings is 1. The highest BCUT2D eigenvalue weighted by molar-refractivity contribution is 6.30. The van der Waals surface area contributed by atoms with Crippen LogP contribution < -0.4 is 19.6 Å². The Morgan fingerprint density at radius 2 is 1.76 bits per heavy atom. The van der Waals surface area contributed by atoms with E-state index in [0.717, 1.165) is 5.56 Å². The number of carbonyl (C=O) groups is 1. The Hall–Kier alpha value is -3.45. The molecule has 0 saturated heterocycles. The molecular weight excluding hydrogens is 396 g/mol. The van der Waals surface area contributed by atoms with Gasteiger partial charge in [0.25, 0.3) is 5.91 Å². The predicted octanol–water partition coefficient (Wildman–Crippen LogP) is 4.39. The summed E-state index contributed by atoms with van der Waals surface area (Å²) in [5.41, 5.74) is 3.59. The van der Waals surface area contributed by atoms with Crippen LogP contribution in [0.3, 0.4) is 0 Å². The molecule has 1 aromatic heterocycles. The molecule has 1 N–H and O–H groups in total. The van der Waals surface area contributed by atoms with E-state index in [1.54, 1.807) is 24.3 Å². The second-order valence-electron chi connectivity index (χ2n) is 5.83. The van der Waals surface area contributed by atoms with Crippen LogP contribution in [0.4, 0.5) is 0 Å². The highest BCUT2D eigenvalue weighted by Gasteiger charge is 2.16. The maximum Gasteiger partial charge on any atom is 0.271 e. The van der Waals surface area contributed by atoms with Gasteiger partial charge in [-0.15, -0.1) is 0 Å². The topological polar surface area (TPSA) is 82.3 Å². The summed E-state index contributed by atoms with van der Waals surface area (Å²) in [5, 5.41) is 4.56. The van der Waals surface area contributed by atoms with Gasteiger partial charge in [-0.25, -0.2) is 5.43 Å². The number of hydrogen-bond acceptors (Lipinski definition) is 6. The van der Waals surface area contributed by atoms with E-state index in [1.807, 2.05) is 12.1 Å². The van der Waals surface area contributed by atoms with Crippen molar-refractivity contribution in [3.8, 4) is 28.6 Å². The average Bonchev–Trinajstić information content (AvgIpc) is 3.21. The molecule has 0 aliphatic heterocycles. The van der Waals surface area contributed by atoms with Gasteiger partial charge in [0.15, 0.2) is 11.5 Å². The number of rotatable bonds is 7. The van der Waals surface area contributed by atoms with Gasteiger partial charge in [0.05, 0.1) is 27.5 Å². The summed E-state index contributed by atoms with van der Waals surface area (Å²) >= 11 is 6.00. The molecule has 150 valence electrons. The third-order valence-corrected chi connectivity index (χ3v) is 4.26. The molecule has 8 heteroatoms. The summed E-state index contributed by atoms with van der Waals surface area (Å²) in [6.45, 7) is 0. The van der Waals surface area contributed by atoms with Gasteiger partial charge in [-0.1, -0.05) is 23.7 Å². The van der Waals surface area contributed by atoms with Crippen LogP contribution in [0.15, 0.2) is 58.0 Å². The first-order valence-electron chi connectivity index (χ1n) is 8.55. The Kier molecular flexibility index (Phi) is 6.41. The molecular formula is C21H19ClN2O5. The smallest absolute Gasteiger partial charge is 0.271 e. The van der Waals surface area contributed by atoms with Gasteiger partial charge in [-0.05, 0) is 36.4 Å². The molecule has 0 radical (unpaired) electrons. The van der Waals surface area contributed by atoms with E-state index in [0.29, 0.717) is 39.4 Å². The number of hydrazone groups is 1. The zero-order chi connectivity index (χ0) is 20.8. The number of methoxy groups -OCH3 is 3. The summed E-state index contributed by atoms with van der Waals surface area (Å²) in [7, 11) is 4.45. The molecule has 7 nitrogen and oxygen atoms in total. The van der Waals surface area contributed by atoms with Gasteiger partial charge < -0.3 is 18.6 Å². The van der Waals surface area contributed by atoms with E-state index in [9.17, 15) is 4.79 Å². The van der Waals surface area contributed by atoms with E-state index in [1.165, 1.54) is 39.7 Å². The maximum atomic E-state index is 12.4. The number of halogens is 1. The lowest BCUT2D eigenvalue weighted by molar-refractivity contribution is 0.0954. The molecule has 0 unspecified atom stereocenters. The van der Waals surface area contributed by atoms with E-state index in [-0.39, 0.29) is 0 Å². The van der Waals surface area contributed by atoms with Crippen LogP contribution in [0.1, 0.15) is 16.1 Å². The van der Waals surface area contributed by atoms with Crippen LogP contribution >= 0.6 is 11.6 Å². The van der Waals surface area contributed by atoms with Crippen LogP contribution in [0.5, 0.6) is 17.2 Å². The number of ether oxygens (including phenoxy) is 3. The third-order valence-electron chi connectivity index (χ3n) is 4.02. The van der Waals surface area contributed by atoms with Crippen molar-refractivity contribution in [1.82, 2.24) is 5.43 Å². The first-order valence-corrected chi connectivity index (χ1v) is 8.92. The van der Waals surface area contributed by atoms with Gasteiger partial charge in [-0.2, -0.15) is 5.10 Å². The predicted molar refractivity (Wildman–Crippen MR) is 110 cm³/mol. The van der Waals surface area contributed by atoms with Gasteiger partial charge >= 0.3 is 0 Å². The number of hydrogen-bond donors (Lipinski definition) is 1. The zero-order valence-electron chi connectivity index (χ0n) is 16.1. The lowest BCUT2D eigenvalue weighted by Crippen LogP contribution is -2.18. The molecule has 1 heterocycles. The number of benzene rings is 2. The van der Waals surface area contributed by atoms with Crippen LogP contribution in [-0.4, -0.2) is 33.5 Å². The molecule has 3 rings (SSSR count). The average molecular weight is 415 g/mol. The Labute approximate surface area is 172 Å². The van der Waals surface area contributed by atoms with Crippen LogP contribution in [0.25, 0.3) is 11.3 Å². The highest BCUT2D eigenvalue weighted by Crippen LogP contribution is 2.38. The lowest BCUT2D eigenvalue weighted by atomic mass is 10.1. The fourth-order valence-electron chi connectivity index (χ4n) is 2.65. The van der Waals surface area contributed by atoms with E-state index >= 15 is 0 Å². The quantitative estimate of drug-likeness (QED) is 0.458. The molecule has 2 aromatic carbocycles. The lowest BCUT2D eigenvalue weighted by Gasteiger charge is -2.13. The second-order valence-corrected chi connectivity index (χ2v) is 6.26. The van der Waals surface area contributed by atoms with Gasteiger partial charge in [-0.3, -0.25) is 4.79 Å². The monoisotopic (exact) mass is 414 g/mol. The maximum absolute atomic E-state index is 12.4. The molecule has 0 spiro atoms. The van der Waals surface area contributed by atoms with Gasteiger partial charge in [0.2, 0.25) is 5.75 Å². The molecule has 0 aliphatic rings. The molecule has 0 atom stereocenters. The van der Waals surface area contributed by atoms with Crippen molar-refractivity contribution < 1.29 is 23.4 Å². The van der Waals surface area contributed by atoms with Gasteiger partial charge in [0.1, 0.15) is 11.5 Å². The summed E-state index contributed by atoms with van der Waals surface area (Å²) in [5.74, 6) is 1.83. The molecule has 29 heavy (non-hydrogen) atoms. The standard InChI is InChI=1S/C21H19ClN2O5/c1-26-18-10-14(11-19(27-2)20(18)28-3)21(25)24-23-12-16-7-8-17(29-16)13-5-4-6-15(22)9-13/h4-12H,1-3H3,(H,24,25)/b23-12-. The fraction of sp³-hybridized carbons (Fsp3) is 0.143. The van der Waals surface area contributed by atoms with E-state index in [2.05, 4.69) is 10.5 Å². The Bertz CT molecular complexity index is 1020. The Morgan fingerprint density at radius 3 is 2.38 bits per heavy atom. The minimum atomic E-state index is -0.442. The number of amides is 1. The molecule has 0 aliphatic carbocycles. The number of nitrogens with one attached hydrogen (secondary N) is 1. The minimum absolute atomic E-state index is 0.302. The number of carbonyl (C=O) groups excluding carboxylic acids is 1. The Balaban J connectivity index is 1.72. The molecule has 3 aromatic rings. The normalized spacial score (nSPS) is 10.8. The first kappa shape index (κ1) is 20.3. The molecule has 0 bridgehead atoms. The number of nitrogens with zero attached hydrogens (tertiary/aromatic N) is 1. The fourth-order valence-corrected chi connectivity index (χ4v) is 2.84. The summed E-state index contributed by atoms with van der Waals surface area (Å²) < 4.78 is 21.4. The van der Waals surface area contributed by atoms with E-state index < -0.39 is 5.91 Å². The van der Waals surface area contributed by atoms with E-state index in [4.69, 9.17) is 30.2 Å². The largest absolute Gasteiger partial charge is 0.493 e. The summed E-state index contributed by atoms with van der Waals surface area (Å²) in [6, 6.07) is 13.9. The van der Waals surface area contributed by atoms with Crippen molar-refractivity contribution in [2.45, 2.75) is 0 Å². The highest BCUT2D eigenvalue weighted by atomic mass is 35.5. The van der Waals surface area contributed by atoms with Crippen molar-refractivity contribution >= 4 is 23.7 Å². The van der Waals surface area contributed by atoms with Crippen molar-refractivity contribution in [3.63, 3.8) is 0 Å². The third kappa shape index (κ3) is 4.70. The Morgan fingerprint density at radius 1 is 1.03 bits per heavy atom. The summed E-state index contributed by atoms with van der Waals surface area (Å²) in [6.07, 6.45) is 1.41. The van der Waals surface area contributed by atoms with Crippen molar-refractivity contribution in [2.75, 3.05) is 21.3 Å². The zero-order valence-corrected chi connectivity index (χ0v) is 16.8. The van der Waals surface area contributed by atoms with Crippen molar-refractivity contribution in [3.05, 3.63) is 64.9 Å². The first-order chi connectivity index (χ1) is 14.0. The van der Waals surface area contributed by atoms with Crippen LogP contribution in [0.2, 0.25) is 5.02 Å². The van der Waals surface area contributed by atoms with Gasteiger partial charge in [0, 0.05) is 16.1 Å². The van der Waals surface area contributed by atoms with Crippen LogP contribution in [-0.2, 0) is 0 Å². The molecule has 0 saturated carbocycles. The minimum Gasteiger partial charge on any atom is -0.493 e. The van der Waals surface area contributed by atoms with Crippen LogP contribution in [0, 0.1) is 0 Å². The molecule has 0 fully saturated rings. The van der Waals surface area contributed by atoms with Crippen molar-refractivity contribution in [2.24, 2.45) is 5.10 Å². The van der Waals surface area contributed by atoms with Crippen molar-refractivity contribution in [1.29, 1.82) is 0 Å². The molecule has 1 amide bonds. The SMILES string of the molecule is COc1cc(C(=O)N/N=C\c2ccc(-c3cccc(Cl)c3)o2)cc(OC)c1OC. The summed E-state index contributed by atoms with van der Waals surface area (Å²) in [4.78, 5) is 12.4. The second kappa shape index (κ2) is 9.16.